The second-order valence-electron chi connectivity index (χ2n) is 5.80. The molecule has 0 aliphatic heterocycles. The smallest absolute Gasteiger partial charge is 0.191 e. The molecule has 124 valence electrons. The first-order valence-corrected chi connectivity index (χ1v) is 10.1. The molecule has 1 aliphatic carbocycles. The minimum Gasteiger partial charge on any atom is -0.370 e. The summed E-state index contributed by atoms with van der Waals surface area (Å²) in [7, 11) is 0. The van der Waals surface area contributed by atoms with Crippen molar-refractivity contribution in [1.29, 1.82) is 0 Å². The van der Waals surface area contributed by atoms with Crippen LogP contribution in [0.3, 0.4) is 0 Å². The standard InChI is InChI=1S/C16H22BrN5S/c1-23-16-21-20-15(22(16)13-5-2-3-6-13)7-4-10-18-14-9-8-12(17)11-19-14/h8-9,11,13H,2-7,10H2,1H3,(H,18,19). The molecule has 0 saturated heterocycles. The van der Waals surface area contributed by atoms with Crippen molar-refractivity contribution < 1.29 is 0 Å². The summed E-state index contributed by atoms with van der Waals surface area (Å²) >= 11 is 5.10. The van der Waals surface area contributed by atoms with Gasteiger partial charge < -0.3 is 9.88 Å². The van der Waals surface area contributed by atoms with Crippen molar-refractivity contribution in [2.75, 3.05) is 18.1 Å². The van der Waals surface area contributed by atoms with Crippen LogP contribution in [0.15, 0.2) is 28.0 Å². The van der Waals surface area contributed by atoms with Gasteiger partial charge in [-0.05, 0) is 53.6 Å². The number of rotatable bonds is 7. The molecule has 0 unspecified atom stereocenters. The van der Waals surface area contributed by atoms with E-state index >= 15 is 0 Å². The largest absolute Gasteiger partial charge is 0.370 e. The van der Waals surface area contributed by atoms with Gasteiger partial charge in [-0.25, -0.2) is 4.98 Å². The maximum absolute atomic E-state index is 4.43. The lowest BCUT2D eigenvalue weighted by atomic mass is 10.2. The number of thioether (sulfide) groups is 1. The number of aromatic nitrogens is 4. The summed E-state index contributed by atoms with van der Waals surface area (Å²) in [6.45, 7) is 0.890. The van der Waals surface area contributed by atoms with Gasteiger partial charge in [-0.15, -0.1) is 10.2 Å². The summed E-state index contributed by atoms with van der Waals surface area (Å²) in [5.41, 5.74) is 0. The number of nitrogens with zero attached hydrogens (tertiary/aromatic N) is 4. The molecule has 0 atom stereocenters. The predicted octanol–water partition coefficient (Wildman–Crippen LogP) is 4.32. The van der Waals surface area contributed by atoms with Gasteiger partial charge in [0.05, 0.1) is 0 Å². The van der Waals surface area contributed by atoms with E-state index in [0.717, 1.165) is 40.7 Å². The first-order valence-electron chi connectivity index (χ1n) is 8.11. The second-order valence-corrected chi connectivity index (χ2v) is 7.49. The zero-order valence-electron chi connectivity index (χ0n) is 13.3. The number of anilines is 1. The number of aryl methyl sites for hydroxylation is 1. The molecule has 3 rings (SSSR count). The predicted molar refractivity (Wildman–Crippen MR) is 98.1 cm³/mol. The molecule has 2 aromatic rings. The molecule has 1 saturated carbocycles. The van der Waals surface area contributed by atoms with E-state index in [2.05, 4.69) is 47.3 Å². The number of pyridine rings is 1. The highest BCUT2D eigenvalue weighted by atomic mass is 79.9. The highest BCUT2D eigenvalue weighted by Gasteiger charge is 2.23. The van der Waals surface area contributed by atoms with E-state index in [4.69, 9.17) is 0 Å². The first kappa shape index (κ1) is 16.8. The van der Waals surface area contributed by atoms with E-state index in [9.17, 15) is 0 Å². The summed E-state index contributed by atoms with van der Waals surface area (Å²) in [5.74, 6) is 2.04. The summed E-state index contributed by atoms with van der Waals surface area (Å²) in [4.78, 5) is 4.33. The molecule has 1 aliphatic rings. The Labute approximate surface area is 149 Å². The fraction of sp³-hybridized carbons (Fsp3) is 0.562. The second kappa shape index (κ2) is 8.15. The lowest BCUT2D eigenvalue weighted by Gasteiger charge is -2.16. The van der Waals surface area contributed by atoms with E-state index in [1.807, 2.05) is 18.3 Å². The average Bonchev–Trinajstić information content (AvgIpc) is 3.22. The first-order chi connectivity index (χ1) is 11.3. The van der Waals surface area contributed by atoms with Gasteiger partial charge in [0.2, 0.25) is 0 Å². The molecule has 5 nitrogen and oxygen atoms in total. The lowest BCUT2D eigenvalue weighted by molar-refractivity contribution is 0.461. The molecule has 0 aromatic carbocycles. The van der Waals surface area contributed by atoms with Crippen LogP contribution < -0.4 is 5.32 Å². The Hall–Kier alpha value is -1.08. The quantitative estimate of drug-likeness (QED) is 0.558. The van der Waals surface area contributed by atoms with Gasteiger partial charge in [0.25, 0.3) is 0 Å². The van der Waals surface area contributed by atoms with Crippen LogP contribution in [0.2, 0.25) is 0 Å². The van der Waals surface area contributed by atoms with Gasteiger partial charge in [0.15, 0.2) is 5.16 Å². The molecule has 7 heteroatoms. The van der Waals surface area contributed by atoms with Crippen LogP contribution in [0.1, 0.15) is 44.0 Å². The van der Waals surface area contributed by atoms with Crippen LogP contribution in [0.4, 0.5) is 5.82 Å². The molecule has 0 amide bonds. The van der Waals surface area contributed by atoms with Gasteiger partial charge in [0.1, 0.15) is 11.6 Å². The van der Waals surface area contributed by atoms with Crippen LogP contribution in [0, 0.1) is 0 Å². The van der Waals surface area contributed by atoms with Crippen LogP contribution in [0.25, 0.3) is 0 Å². The van der Waals surface area contributed by atoms with Crippen molar-refractivity contribution in [2.45, 2.75) is 49.7 Å². The number of hydrogen-bond donors (Lipinski definition) is 1. The van der Waals surface area contributed by atoms with Crippen molar-refractivity contribution in [3.8, 4) is 0 Å². The van der Waals surface area contributed by atoms with Gasteiger partial charge >= 0.3 is 0 Å². The minimum absolute atomic E-state index is 0.601. The van der Waals surface area contributed by atoms with Crippen LogP contribution >= 0.6 is 27.7 Å². The van der Waals surface area contributed by atoms with Crippen LogP contribution in [0.5, 0.6) is 0 Å². The van der Waals surface area contributed by atoms with E-state index in [0.29, 0.717) is 6.04 Å². The topological polar surface area (TPSA) is 55.6 Å². The van der Waals surface area contributed by atoms with Crippen molar-refractivity contribution in [3.05, 3.63) is 28.6 Å². The lowest BCUT2D eigenvalue weighted by Crippen LogP contribution is -2.12. The van der Waals surface area contributed by atoms with Crippen molar-refractivity contribution in [1.82, 2.24) is 19.7 Å². The molecule has 1 fully saturated rings. The van der Waals surface area contributed by atoms with Gasteiger partial charge in [0, 0.05) is 29.7 Å². The fourth-order valence-electron chi connectivity index (χ4n) is 3.09. The summed E-state index contributed by atoms with van der Waals surface area (Å²) in [6.07, 6.45) is 11.0. The number of hydrogen-bond acceptors (Lipinski definition) is 5. The van der Waals surface area contributed by atoms with E-state index in [-0.39, 0.29) is 0 Å². The van der Waals surface area contributed by atoms with Crippen molar-refractivity contribution >= 4 is 33.5 Å². The number of nitrogens with one attached hydrogen (secondary N) is 1. The van der Waals surface area contributed by atoms with E-state index in [1.165, 1.54) is 25.7 Å². The van der Waals surface area contributed by atoms with E-state index in [1.54, 1.807) is 11.8 Å². The van der Waals surface area contributed by atoms with E-state index < -0.39 is 0 Å². The molecule has 2 heterocycles. The maximum Gasteiger partial charge on any atom is 0.191 e. The molecule has 2 aromatic heterocycles. The van der Waals surface area contributed by atoms with Gasteiger partial charge in [-0.3, -0.25) is 0 Å². The third-order valence-electron chi connectivity index (χ3n) is 4.22. The summed E-state index contributed by atoms with van der Waals surface area (Å²) < 4.78 is 3.38. The highest BCUT2D eigenvalue weighted by Crippen LogP contribution is 2.33. The zero-order chi connectivity index (χ0) is 16.1. The number of halogens is 1. The third kappa shape index (κ3) is 4.26. The Morgan fingerprint density at radius 3 is 2.83 bits per heavy atom. The Bertz CT molecular complexity index is 622. The molecule has 0 bridgehead atoms. The van der Waals surface area contributed by atoms with Crippen molar-refractivity contribution in [2.24, 2.45) is 0 Å². The van der Waals surface area contributed by atoms with Gasteiger partial charge in [-0.1, -0.05) is 24.6 Å². The Balaban J connectivity index is 1.55. The normalized spacial score (nSPS) is 15.2. The molecule has 1 N–H and O–H groups in total. The minimum atomic E-state index is 0.601. The zero-order valence-corrected chi connectivity index (χ0v) is 15.7. The molecular weight excluding hydrogens is 374 g/mol. The summed E-state index contributed by atoms with van der Waals surface area (Å²) in [5, 5.41) is 13.2. The Kier molecular flexibility index (Phi) is 5.94. The summed E-state index contributed by atoms with van der Waals surface area (Å²) in [6, 6.07) is 4.58. The van der Waals surface area contributed by atoms with Crippen LogP contribution in [-0.4, -0.2) is 32.5 Å². The van der Waals surface area contributed by atoms with Crippen LogP contribution in [-0.2, 0) is 6.42 Å². The average molecular weight is 396 g/mol. The molecule has 23 heavy (non-hydrogen) atoms. The molecule has 0 spiro atoms. The van der Waals surface area contributed by atoms with Crippen molar-refractivity contribution in [3.63, 3.8) is 0 Å². The maximum atomic E-state index is 4.43. The van der Waals surface area contributed by atoms with Gasteiger partial charge in [-0.2, -0.15) is 0 Å². The monoisotopic (exact) mass is 395 g/mol. The SMILES string of the molecule is CSc1nnc(CCCNc2ccc(Br)cn2)n1C1CCCC1. The Morgan fingerprint density at radius 1 is 1.30 bits per heavy atom. The molecular formula is C16H22BrN5S. The highest BCUT2D eigenvalue weighted by molar-refractivity contribution is 9.10. The third-order valence-corrected chi connectivity index (χ3v) is 5.33. The molecule has 0 radical (unpaired) electrons. The Morgan fingerprint density at radius 2 is 2.13 bits per heavy atom. The fourth-order valence-corrected chi connectivity index (χ4v) is 3.90.